The van der Waals surface area contributed by atoms with E-state index in [2.05, 4.69) is 19.4 Å². The number of nitrogens with zero attached hydrogens (tertiary/aromatic N) is 4. The summed E-state index contributed by atoms with van der Waals surface area (Å²) in [6.07, 6.45) is 0. The Balaban J connectivity index is 1.82. The van der Waals surface area contributed by atoms with Crippen LogP contribution in [-0.2, 0) is 20.0 Å². The monoisotopic (exact) mass is 484 g/mol. The van der Waals surface area contributed by atoms with Gasteiger partial charge in [0, 0.05) is 11.0 Å². The Labute approximate surface area is 184 Å². The molecule has 0 aliphatic carbocycles. The van der Waals surface area contributed by atoms with Crippen molar-refractivity contribution in [2.45, 2.75) is 23.6 Å². The van der Waals surface area contributed by atoms with E-state index in [4.69, 9.17) is 23.2 Å². The van der Waals surface area contributed by atoms with Crippen LogP contribution in [0.4, 0.5) is 11.6 Å². The molecule has 0 aliphatic rings. The van der Waals surface area contributed by atoms with Crippen molar-refractivity contribution in [3.8, 4) is 0 Å². The minimum absolute atomic E-state index is 0.00708. The van der Waals surface area contributed by atoms with E-state index in [-0.39, 0.29) is 31.5 Å². The van der Waals surface area contributed by atoms with Crippen LogP contribution in [0, 0.1) is 13.8 Å². The largest absolute Gasteiger partial charge is 0.573 e. The third-order valence-electron chi connectivity index (χ3n) is 3.70. The summed E-state index contributed by atoms with van der Waals surface area (Å²) >= 11 is 11.8. The summed E-state index contributed by atoms with van der Waals surface area (Å²) in [4.78, 5) is 7.54. The van der Waals surface area contributed by atoms with Crippen molar-refractivity contribution in [2.24, 2.45) is 0 Å². The van der Waals surface area contributed by atoms with Gasteiger partial charge in [-0.25, -0.2) is 16.8 Å². The SMILES string of the molecule is Cc1cc(C)nc([N-]S(=O)(=O)c2ccc([N-]S(=O)(=O)c3cc(Cl)ccc3Cl)cc2)n1. The quantitative estimate of drug-likeness (QED) is 0.474. The fourth-order valence-electron chi connectivity index (χ4n) is 2.45. The van der Waals surface area contributed by atoms with Crippen molar-refractivity contribution in [2.75, 3.05) is 0 Å². The molecule has 0 saturated heterocycles. The number of hydrogen-bond donors (Lipinski definition) is 0. The average Bonchev–Trinajstić information content (AvgIpc) is 2.62. The molecule has 0 amide bonds. The molecule has 8 nitrogen and oxygen atoms in total. The zero-order valence-corrected chi connectivity index (χ0v) is 18.8. The van der Waals surface area contributed by atoms with Crippen LogP contribution in [0.5, 0.6) is 0 Å². The third kappa shape index (κ3) is 5.20. The topological polar surface area (TPSA) is 122 Å². The van der Waals surface area contributed by atoms with Crippen LogP contribution in [0.15, 0.2) is 58.3 Å². The van der Waals surface area contributed by atoms with Gasteiger partial charge < -0.3 is 14.7 Å². The Morgan fingerprint density at radius 1 is 0.767 bits per heavy atom. The molecule has 0 saturated carbocycles. The summed E-state index contributed by atoms with van der Waals surface area (Å²) < 4.78 is 57.3. The van der Waals surface area contributed by atoms with Crippen molar-refractivity contribution in [3.63, 3.8) is 0 Å². The smallest absolute Gasteiger partial charge is 0.229 e. The Morgan fingerprint density at radius 3 is 1.97 bits per heavy atom. The van der Waals surface area contributed by atoms with Gasteiger partial charge in [-0.05, 0) is 55.6 Å². The molecular formula is C18H14Cl2N4O4S2-2. The van der Waals surface area contributed by atoms with E-state index in [1.165, 1.54) is 42.5 Å². The number of sulfonamides is 2. The van der Waals surface area contributed by atoms with Gasteiger partial charge in [0.05, 0.1) is 14.8 Å². The average molecular weight is 485 g/mol. The van der Waals surface area contributed by atoms with Gasteiger partial charge in [0.1, 0.15) is 10.0 Å². The van der Waals surface area contributed by atoms with Gasteiger partial charge in [0.25, 0.3) is 0 Å². The Hall–Kier alpha value is -2.40. The van der Waals surface area contributed by atoms with Crippen molar-refractivity contribution in [1.82, 2.24) is 9.97 Å². The minimum Gasteiger partial charge on any atom is -0.573 e. The van der Waals surface area contributed by atoms with Crippen LogP contribution in [0.1, 0.15) is 11.4 Å². The van der Waals surface area contributed by atoms with Crippen LogP contribution in [0.3, 0.4) is 0 Å². The lowest BCUT2D eigenvalue weighted by molar-refractivity contribution is 0.602. The first-order valence-corrected chi connectivity index (χ1v) is 11.9. The molecule has 1 aromatic heterocycles. The van der Waals surface area contributed by atoms with E-state index in [1.54, 1.807) is 19.9 Å². The first-order valence-electron chi connectivity index (χ1n) is 8.30. The number of halogens is 2. The Bertz CT molecular complexity index is 1290. The zero-order valence-electron chi connectivity index (χ0n) is 15.6. The summed E-state index contributed by atoms with van der Waals surface area (Å²) in [6, 6.07) is 10.5. The van der Waals surface area contributed by atoms with E-state index >= 15 is 0 Å². The molecule has 0 aliphatic heterocycles. The molecule has 1 heterocycles. The number of rotatable bonds is 6. The number of aromatic nitrogens is 2. The standard InChI is InChI=1S/C18H14Cl2N4O4S2/c1-11-9-12(2)22-18(21-11)24-29(25,26)15-6-4-14(5-7-15)23-30(27,28)17-10-13(19)3-8-16(17)20/h3-10H,1-2H3/q-2. The summed E-state index contributed by atoms with van der Waals surface area (Å²) in [6.45, 7) is 3.40. The minimum atomic E-state index is -4.16. The molecule has 3 rings (SSSR count). The van der Waals surface area contributed by atoms with Crippen molar-refractivity contribution >= 4 is 54.9 Å². The van der Waals surface area contributed by atoms with Crippen LogP contribution in [-0.4, -0.2) is 26.8 Å². The highest BCUT2D eigenvalue weighted by atomic mass is 35.5. The van der Waals surface area contributed by atoms with E-state index in [9.17, 15) is 16.8 Å². The predicted octanol–water partition coefficient (Wildman–Crippen LogP) is 5.19. The lowest BCUT2D eigenvalue weighted by atomic mass is 10.3. The summed E-state index contributed by atoms with van der Waals surface area (Å²) in [5, 5.41) is 0.152. The van der Waals surface area contributed by atoms with Gasteiger partial charge in [0.2, 0.25) is 10.0 Å². The molecule has 2 aromatic carbocycles. The second-order valence-corrected chi connectivity index (χ2v) is 10.2. The van der Waals surface area contributed by atoms with Crippen LogP contribution in [0.25, 0.3) is 9.44 Å². The molecular weight excluding hydrogens is 471 g/mol. The second-order valence-electron chi connectivity index (χ2n) is 6.15. The third-order valence-corrected chi connectivity index (χ3v) is 7.00. The highest BCUT2D eigenvalue weighted by Crippen LogP contribution is 2.34. The number of aryl methyl sites for hydroxylation is 2. The fourth-order valence-corrected chi connectivity index (χ4v) is 5.07. The van der Waals surface area contributed by atoms with Crippen LogP contribution < -0.4 is 0 Å². The van der Waals surface area contributed by atoms with E-state index in [0.29, 0.717) is 11.4 Å². The maximum atomic E-state index is 12.5. The molecule has 0 N–H and O–H groups in total. The van der Waals surface area contributed by atoms with Gasteiger partial charge in [0.15, 0.2) is 0 Å². The van der Waals surface area contributed by atoms with Crippen molar-refractivity contribution in [1.29, 1.82) is 0 Å². The number of benzene rings is 2. The highest BCUT2D eigenvalue weighted by Gasteiger charge is 2.13. The molecule has 3 aromatic rings. The molecule has 158 valence electrons. The summed E-state index contributed by atoms with van der Waals surface area (Å²) in [5.41, 5.74) is 1.17. The van der Waals surface area contributed by atoms with Gasteiger partial charge in [-0.1, -0.05) is 41.4 Å². The van der Waals surface area contributed by atoms with Gasteiger partial charge in [-0.15, -0.1) is 5.69 Å². The molecule has 0 spiro atoms. The lowest BCUT2D eigenvalue weighted by Gasteiger charge is -2.23. The predicted molar refractivity (Wildman–Crippen MR) is 115 cm³/mol. The second kappa shape index (κ2) is 8.38. The van der Waals surface area contributed by atoms with Crippen LogP contribution in [0.2, 0.25) is 10.0 Å². The van der Waals surface area contributed by atoms with Gasteiger partial charge in [-0.2, -0.15) is 0 Å². The lowest BCUT2D eigenvalue weighted by Crippen LogP contribution is -2.01. The van der Waals surface area contributed by atoms with Crippen molar-refractivity contribution < 1.29 is 16.8 Å². The van der Waals surface area contributed by atoms with E-state index in [1.807, 2.05) is 0 Å². The van der Waals surface area contributed by atoms with Gasteiger partial charge in [-0.3, -0.25) is 4.72 Å². The van der Waals surface area contributed by atoms with E-state index in [0.717, 1.165) is 0 Å². The molecule has 0 fully saturated rings. The molecule has 12 heteroatoms. The molecule has 0 atom stereocenters. The summed E-state index contributed by atoms with van der Waals surface area (Å²) in [7, 11) is -8.26. The van der Waals surface area contributed by atoms with Gasteiger partial charge >= 0.3 is 0 Å². The Kier molecular flexibility index (Phi) is 6.23. The zero-order chi connectivity index (χ0) is 22.1. The van der Waals surface area contributed by atoms with Crippen LogP contribution >= 0.6 is 23.2 Å². The first kappa shape index (κ1) is 22.3. The molecule has 30 heavy (non-hydrogen) atoms. The maximum Gasteiger partial charge on any atom is 0.229 e. The normalized spacial score (nSPS) is 11.9. The molecule has 0 unspecified atom stereocenters. The maximum absolute atomic E-state index is 12.5. The van der Waals surface area contributed by atoms with Crippen molar-refractivity contribution in [3.05, 3.63) is 79.4 Å². The van der Waals surface area contributed by atoms with E-state index < -0.39 is 20.0 Å². The number of hydrogen-bond acceptors (Lipinski definition) is 6. The molecule has 0 bridgehead atoms. The fraction of sp³-hybridized carbons (Fsp3) is 0.111. The Morgan fingerprint density at radius 2 is 1.37 bits per heavy atom. The highest BCUT2D eigenvalue weighted by molar-refractivity contribution is 7.94. The molecule has 0 radical (unpaired) electrons. The summed E-state index contributed by atoms with van der Waals surface area (Å²) in [5.74, 6) is -0.181. The first-order chi connectivity index (χ1) is 14.0.